The van der Waals surface area contributed by atoms with Gasteiger partial charge >= 0.3 is 12.0 Å². The third-order valence-corrected chi connectivity index (χ3v) is 3.60. The summed E-state index contributed by atoms with van der Waals surface area (Å²) in [4.78, 5) is 24.6. The number of hydrogen-bond donors (Lipinski definition) is 2. The van der Waals surface area contributed by atoms with Gasteiger partial charge in [0.15, 0.2) is 0 Å². The Morgan fingerprint density at radius 2 is 1.94 bits per heavy atom. The predicted molar refractivity (Wildman–Crippen MR) is 69.5 cm³/mol. The molecule has 0 spiro atoms. The number of carboxylic acids is 1. The first-order valence-corrected chi connectivity index (χ1v) is 6.83. The fourth-order valence-electron chi connectivity index (χ4n) is 2.39. The van der Waals surface area contributed by atoms with Crippen molar-refractivity contribution in [3.63, 3.8) is 0 Å². The zero-order chi connectivity index (χ0) is 13.5. The van der Waals surface area contributed by atoms with Crippen LogP contribution in [0.4, 0.5) is 4.79 Å². The molecule has 104 valence electrons. The second-order valence-electron chi connectivity index (χ2n) is 5.00. The lowest BCUT2D eigenvalue weighted by molar-refractivity contribution is -0.140. The van der Waals surface area contributed by atoms with E-state index in [0.29, 0.717) is 12.6 Å². The van der Waals surface area contributed by atoms with Gasteiger partial charge in [-0.1, -0.05) is 26.2 Å². The number of carboxylic acid groups (broad SMARTS) is 1. The first-order chi connectivity index (χ1) is 8.56. The van der Waals surface area contributed by atoms with Gasteiger partial charge in [-0.2, -0.15) is 0 Å². The molecule has 5 nitrogen and oxygen atoms in total. The normalized spacial score (nSPS) is 18.1. The highest BCUT2D eigenvalue weighted by atomic mass is 16.4. The zero-order valence-corrected chi connectivity index (χ0v) is 11.3. The molecule has 0 heterocycles. The molecule has 0 aromatic heterocycles. The lowest BCUT2D eigenvalue weighted by Crippen LogP contribution is -2.48. The van der Waals surface area contributed by atoms with Gasteiger partial charge in [-0.15, -0.1) is 0 Å². The number of carbonyl (C=O) groups is 2. The Labute approximate surface area is 109 Å². The Hall–Kier alpha value is -1.26. The molecule has 0 bridgehead atoms. The van der Waals surface area contributed by atoms with Gasteiger partial charge in [0.1, 0.15) is 0 Å². The molecule has 0 aliphatic heterocycles. The summed E-state index contributed by atoms with van der Waals surface area (Å²) >= 11 is 0. The van der Waals surface area contributed by atoms with Crippen LogP contribution in [0.2, 0.25) is 0 Å². The summed E-state index contributed by atoms with van der Waals surface area (Å²) in [5.74, 6) is -1.42. The van der Waals surface area contributed by atoms with Crippen LogP contribution in [0.3, 0.4) is 0 Å². The van der Waals surface area contributed by atoms with E-state index in [1.165, 1.54) is 19.3 Å². The Morgan fingerprint density at radius 1 is 1.33 bits per heavy atom. The summed E-state index contributed by atoms with van der Waals surface area (Å²) in [7, 11) is 0. The number of carbonyl (C=O) groups excluding carboxylic acids is 1. The van der Waals surface area contributed by atoms with Crippen LogP contribution in [-0.2, 0) is 4.79 Å². The van der Waals surface area contributed by atoms with Crippen LogP contribution in [0.15, 0.2) is 0 Å². The first kappa shape index (κ1) is 14.8. The molecular weight excluding hydrogens is 232 g/mol. The van der Waals surface area contributed by atoms with Gasteiger partial charge in [0, 0.05) is 19.1 Å². The van der Waals surface area contributed by atoms with Crippen molar-refractivity contribution < 1.29 is 14.7 Å². The molecule has 1 saturated carbocycles. The van der Waals surface area contributed by atoms with Crippen LogP contribution in [0.25, 0.3) is 0 Å². The van der Waals surface area contributed by atoms with Crippen molar-refractivity contribution in [2.24, 2.45) is 5.92 Å². The molecule has 0 aromatic rings. The van der Waals surface area contributed by atoms with Crippen LogP contribution in [0, 0.1) is 5.92 Å². The van der Waals surface area contributed by atoms with Crippen molar-refractivity contribution in [2.75, 3.05) is 13.1 Å². The Bertz CT molecular complexity index is 288. The van der Waals surface area contributed by atoms with Crippen LogP contribution in [-0.4, -0.2) is 41.1 Å². The Morgan fingerprint density at radius 3 is 2.44 bits per heavy atom. The van der Waals surface area contributed by atoms with E-state index >= 15 is 0 Å². The van der Waals surface area contributed by atoms with Gasteiger partial charge in [0.2, 0.25) is 0 Å². The molecule has 0 saturated heterocycles. The van der Waals surface area contributed by atoms with E-state index in [4.69, 9.17) is 5.11 Å². The third-order valence-electron chi connectivity index (χ3n) is 3.60. The average Bonchev–Trinajstić information content (AvgIpc) is 2.38. The number of nitrogens with one attached hydrogen (secondary N) is 1. The molecule has 1 fully saturated rings. The molecule has 18 heavy (non-hydrogen) atoms. The van der Waals surface area contributed by atoms with Gasteiger partial charge in [-0.3, -0.25) is 4.79 Å². The van der Waals surface area contributed by atoms with E-state index in [2.05, 4.69) is 5.32 Å². The maximum atomic E-state index is 12.0. The van der Waals surface area contributed by atoms with Crippen LogP contribution < -0.4 is 5.32 Å². The summed E-state index contributed by atoms with van der Waals surface area (Å²) in [5, 5.41) is 11.5. The highest BCUT2D eigenvalue weighted by Gasteiger charge is 2.24. The number of rotatable bonds is 5. The van der Waals surface area contributed by atoms with Crippen molar-refractivity contribution in [1.29, 1.82) is 0 Å². The van der Waals surface area contributed by atoms with Gasteiger partial charge in [-0.25, -0.2) is 4.79 Å². The average molecular weight is 256 g/mol. The highest BCUT2D eigenvalue weighted by molar-refractivity contribution is 5.76. The standard InChI is InChI=1S/C13H24N2O3/c1-3-15(11-7-5-4-6-8-11)13(18)14-9-10(2)12(16)17/h10-11H,3-9H2,1-2H3,(H,14,18)(H,16,17). The lowest BCUT2D eigenvalue weighted by atomic mass is 9.94. The number of amides is 2. The predicted octanol–water partition coefficient (Wildman–Crippen LogP) is 2.07. The summed E-state index contributed by atoms with van der Waals surface area (Å²) < 4.78 is 0. The molecule has 1 aliphatic rings. The van der Waals surface area contributed by atoms with Crippen LogP contribution in [0.5, 0.6) is 0 Å². The summed E-state index contributed by atoms with van der Waals surface area (Å²) in [6.45, 7) is 4.43. The van der Waals surface area contributed by atoms with Gasteiger partial charge in [-0.05, 0) is 19.8 Å². The SMILES string of the molecule is CCN(C(=O)NCC(C)C(=O)O)C1CCCCC1. The van der Waals surface area contributed by atoms with Crippen molar-refractivity contribution in [3.8, 4) is 0 Å². The minimum Gasteiger partial charge on any atom is -0.481 e. The number of nitrogens with zero attached hydrogens (tertiary/aromatic N) is 1. The number of urea groups is 1. The molecule has 1 atom stereocenters. The van der Waals surface area contributed by atoms with Gasteiger partial charge in [0.05, 0.1) is 5.92 Å². The molecule has 0 aromatic carbocycles. The van der Waals surface area contributed by atoms with Gasteiger partial charge in [0.25, 0.3) is 0 Å². The molecule has 5 heteroatoms. The summed E-state index contributed by atoms with van der Waals surface area (Å²) in [6, 6.07) is 0.196. The van der Waals surface area contributed by atoms with Crippen molar-refractivity contribution in [2.45, 2.75) is 52.0 Å². The first-order valence-electron chi connectivity index (χ1n) is 6.83. The van der Waals surface area contributed by atoms with Crippen molar-refractivity contribution in [3.05, 3.63) is 0 Å². The lowest BCUT2D eigenvalue weighted by Gasteiger charge is -2.33. The van der Waals surface area contributed by atoms with E-state index < -0.39 is 11.9 Å². The second kappa shape index (κ2) is 7.24. The monoisotopic (exact) mass is 256 g/mol. The van der Waals surface area contributed by atoms with Gasteiger partial charge < -0.3 is 15.3 Å². The van der Waals surface area contributed by atoms with E-state index in [9.17, 15) is 9.59 Å². The largest absolute Gasteiger partial charge is 0.481 e. The van der Waals surface area contributed by atoms with E-state index in [1.54, 1.807) is 6.92 Å². The summed E-state index contributed by atoms with van der Waals surface area (Å²) in [6.07, 6.45) is 5.75. The van der Waals surface area contributed by atoms with E-state index in [1.807, 2.05) is 11.8 Å². The minimum atomic E-state index is -0.879. The van der Waals surface area contributed by atoms with Crippen molar-refractivity contribution >= 4 is 12.0 Å². The molecule has 1 rings (SSSR count). The Kier molecular flexibility index (Phi) is 5.95. The quantitative estimate of drug-likeness (QED) is 0.791. The molecule has 2 amide bonds. The van der Waals surface area contributed by atoms with E-state index in [-0.39, 0.29) is 12.6 Å². The summed E-state index contributed by atoms with van der Waals surface area (Å²) in [5.41, 5.74) is 0. The molecule has 0 radical (unpaired) electrons. The highest BCUT2D eigenvalue weighted by Crippen LogP contribution is 2.22. The number of hydrogen-bond acceptors (Lipinski definition) is 2. The number of aliphatic carboxylic acids is 1. The Balaban J connectivity index is 2.43. The molecule has 1 unspecified atom stereocenters. The molecule has 1 aliphatic carbocycles. The van der Waals surface area contributed by atoms with E-state index in [0.717, 1.165) is 12.8 Å². The smallest absolute Gasteiger partial charge is 0.317 e. The molecule has 2 N–H and O–H groups in total. The minimum absolute atomic E-state index is 0.127. The van der Waals surface area contributed by atoms with Crippen LogP contribution >= 0.6 is 0 Å². The zero-order valence-electron chi connectivity index (χ0n) is 11.3. The fraction of sp³-hybridized carbons (Fsp3) is 0.846. The third kappa shape index (κ3) is 4.20. The van der Waals surface area contributed by atoms with Crippen LogP contribution in [0.1, 0.15) is 46.0 Å². The fourth-order valence-corrected chi connectivity index (χ4v) is 2.39. The maximum absolute atomic E-state index is 12.0. The molecular formula is C13H24N2O3. The second-order valence-corrected chi connectivity index (χ2v) is 5.00. The maximum Gasteiger partial charge on any atom is 0.317 e. The topological polar surface area (TPSA) is 69.6 Å². The van der Waals surface area contributed by atoms with Crippen molar-refractivity contribution in [1.82, 2.24) is 10.2 Å².